The number of benzene rings is 2. The van der Waals surface area contributed by atoms with E-state index in [1.54, 1.807) is 11.8 Å². The van der Waals surface area contributed by atoms with Gasteiger partial charge >= 0.3 is 0 Å². The molecule has 0 aliphatic carbocycles. The van der Waals surface area contributed by atoms with Crippen molar-refractivity contribution in [3.8, 4) is 5.75 Å². The van der Waals surface area contributed by atoms with E-state index in [0.717, 1.165) is 29.0 Å². The number of nitrogens with zero attached hydrogens (tertiary/aromatic N) is 3. The normalized spacial score (nSPS) is 10.9. The first-order valence-electron chi connectivity index (χ1n) is 8.88. The van der Waals surface area contributed by atoms with E-state index in [4.69, 9.17) is 4.74 Å². The molecule has 0 unspecified atom stereocenters. The third-order valence-electron chi connectivity index (χ3n) is 4.47. The summed E-state index contributed by atoms with van der Waals surface area (Å²) >= 11 is 1.72. The number of aryl methyl sites for hydroxylation is 2. The molecule has 0 atom stereocenters. The molecule has 4 nitrogen and oxygen atoms in total. The van der Waals surface area contributed by atoms with E-state index in [2.05, 4.69) is 72.8 Å². The fourth-order valence-electron chi connectivity index (χ4n) is 2.82. The minimum atomic E-state index is 0.427. The van der Waals surface area contributed by atoms with Crippen LogP contribution in [0.4, 0.5) is 0 Å². The Balaban J connectivity index is 1.68. The molecule has 0 N–H and O–H groups in total. The number of rotatable bonds is 7. The summed E-state index contributed by atoms with van der Waals surface area (Å²) in [5.41, 5.74) is 4.98. The lowest BCUT2D eigenvalue weighted by Crippen LogP contribution is -2.07. The minimum Gasteiger partial charge on any atom is -0.485 e. The van der Waals surface area contributed by atoms with Gasteiger partial charge in [0.15, 0.2) is 11.0 Å². The molecule has 0 radical (unpaired) electrons. The summed E-state index contributed by atoms with van der Waals surface area (Å²) in [6.45, 7) is 9.66. The highest BCUT2D eigenvalue weighted by Crippen LogP contribution is 2.24. The van der Waals surface area contributed by atoms with E-state index in [-0.39, 0.29) is 0 Å². The Morgan fingerprint density at radius 3 is 2.62 bits per heavy atom. The highest BCUT2D eigenvalue weighted by atomic mass is 32.2. The van der Waals surface area contributed by atoms with Crippen molar-refractivity contribution >= 4 is 11.8 Å². The molecule has 0 amide bonds. The van der Waals surface area contributed by atoms with Gasteiger partial charge in [-0.1, -0.05) is 53.7 Å². The fourth-order valence-corrected chi connectivity index (χ4v) is 3.79. The number of hydrogen-bond donors (Lipinski definition) is 0. The Labute approximate surface area is 159 Å². The Morgan fingerprint density at radius 2 is 1.85 bits per heavy atom. The quantitative estimate of drug-likeness (QED) is 0.545. The maximum atomic E-state index is 6.01. The summed E-state index contributed by atoms with van der Waals surface area (Å²) in [6, 6.07) is 14.7. The first-order chi connectivity index (χ1) is 12.6. The molecule has 5 heteroatoms. The Kier molecular flexibility index (Phi) is 5.99. The van der Waals surface area contributed by atoms with E-state index < -0.39 is 0 Å². The molecule has 2 aromatic carbocycles. The first-order valence-corrected chi connectivity index (χ1v) is 9.86. The van der Waals surface area contributed by atoms with Crippen molar-refractivity contribution in [3.63, 3.8) is 0 Å². The molecule has 3 aromatic rings. The van der Waals surface area contributed by atoms with Gasteiger partial charge in [-0.05, 0) is 50.5 Å². The van der Waals surface area contributed by atoms with Crippen LogP contribution in [-0.4, -0.2) is 14.8 Å². The molecule has 1 heterocycles. The largest absolute Gasteiger partial charge is 0.485 e. The fraction of sp³-hybridized carbons (Fsp3) is 0.333. The zero-order valence-corrected chi connectivity index (χ0v) is 16.6. The van der Waals surface area contributed by atoms with Crippen LogP contribution in [0, 0.1) is 20.8 Å². The Morgan fingerprint density at radius 1 is 1.04 bits per heavy atom. The van der Waals surface area contributed by atoms with Crippen molar-refractivity contribution in [3.05, 3.63) is 70.5 Å². The molecule has 0 aliphatic rings. The number of ether oxygens (including phenoxy) is 1. The second kappa shape index (κ2) is 8.41. The average molecular weight is 368 g/mol. The molecular weight excluding hydrogens is 342 g/mol. The summed E-state index contributed by atoms with van der Waals surface area (Å²) in [5, 5.41) is 9.66. The van der Waals surface area contributed by atoms with Gasteiger partial charge in [0.2, 0.25) is 0 Å². The molecule has 136 valence electrons. The van der Waals surface area contributed by atoms with Crippen molar-refractivity contribution in [1.82, 2.24) is 14.8 Å². The first kappa shape index (κ1) is 18.5. The number of hydrogen-bond acceptors (Lipinski definition) is 4. The Hall–Kier alpha value is -2.27. The standard InChI is InChI=1S/C21H25N3OS/c1-5-24-20(13-25-19-11-7-9-16(3)17(19)4)22-23-21(24)26-14-18-10-6-8-15(2)12-18/h6-12H,5,13-14H2,1-4H3. The van der Waals surface area contributed by atoms with Crippen LogP contribution in [0.2, 0.25) is 0 Å². The van der Waals surface area contributed by atoms with Crippen molar-refractivity contribution in [1.29, 1.82) is 0 Å². The van der Waals surface area contributed by atoms with Crippen molar-refractivity contribution in [2.75, 3.05) is 0 Å². The monoisotopic (exact) mass is 367 g/mol. The van der Waals surface area contributed by atoms with Gasteiger partial charge in [-0.3, -0.25) is 0 Å². The molecule has 0 bridgehead atoms. The van der Waals surface area contributed by atoms with Gasteiger partial charge in [0.1, 0.15) is 12.4 Å². The molecule has 0 spiro atoms. The van der Waals surface area contributed by atoms with Crippen molar-refractivity contribution in [2.45, 2.75) is 51.8 Å². The molecular formula is C21H25N3OS. The van der Waals surface area contributed by atoms with Crippen LogP contribution < -0.4 is 4.74 Å². The lowest BCUT2D eigenvalue weighted by atomic mass is 10.1. The number of thioether (sulfide) groups is 1. The summed E-state index contributed by atoms with van der Waals surface area (Å²) in [4.78, 5) is 0. The van der Waals surface area contributed by atoms with Gasteiger partial charge in [-0.25, -0.2) is 0 Å². The molecule has 0 fully saturated rings. The highest BCUT2D eigenvalue weighted by molar-refractivity contribution is 7.98. The second-order valence-corrected chi connectivity index (χ2v) is 7.35. The van der Waals surface area contributed by atoms with Gasteiger partial charge < -0.3 is 9.30 Å². The lowest BCUT2D eigenvalue weighted by Gasteiger charge is -2.11. The SMILES string of the molecule is CCn1c(COc2cccc(C)c2C)nnc1SCc1cccc(C)c1. The summed E-state index contributed by atoms with van der Waals surface area (Å²) in [5.74, 6) is 2.65. The zero-order chi connectivity index (χ0) is 18.5. The van der Waals surface area contributed by atoms with Gasteiger partial charge in [-0.2, -0.15) is 0 Å². The smallest absolute Gasteiger partial charge is 0.191 e. The maximum Gasteiger partial charge on any atom is 0.191 e. The van der Waals surface area contributed by atoms with Crippen molar-refractivity contribution < 1.29 is 4.74 Å². The van der Waals surface area contributed by atoms with Crippen LogP contribution in [0.3, 0.4) is 0 Å². The van der Waals surface area contributed by atoms with Crippen LogP contribution in [0.1, 0.15) is 35.0 Å². The molecule has 0 aliphatic heterocycles. The molecule has 0 saturated carbocycles. The van der Waals surface area contributed by atoms with Crippen molar-refractivity contribution in [2.24, 2.45) is 0 Å². The van der Waals surface area contributed by atoms with Crippen LogP contribution in [-0.2, 0) is 18.9 Å². The molecule has 3 rings (SSSR count). The van der Waals surface area contributed by atoms with Gasteiger partial charge in [0.25, 0.3) is 0 Å². The summed E-state index contributed by atoms with van der Waals surface area (Å²) < 4.78 is 8.14. The maximum absolute atomic E-state index is 6.01. The van der Waals surface area contributed by atoms with E-state index in [9.17, 15) is 0 Å². The number of aromatic nitrogens is 3. The topological polar surface area (TPSA) is 39.9 Å². The predicted molar refractivity (Wildman–Crippen MR) is 107 cm³/mol. The third kappa shape index (κ3) is 4.28. The van der Waals surface area contributed by atoms with E-state index in [1.165, 1.54) is 22.3 Å². The Bertz CT molecular complexity index is 889. The lowest BCUT2D eigenvalue weighted by molar-refractivity contribution is 0.286. The van der Waals surface area contributed by atoms with Gasteiger partial charge in [0, 0.05) is 12.3 Å². The molecule has 1 aromatic heterocycles. The molecule has 26 heavy (non-hydrogen) atoms. The van der Waals surface area contributed by atoms with Gasteiger partial charge in [0.05, 0.1) is 0 Å². The predicted octanol–water partition coefficient (Wildman–Crippen LogP) is 5.09. The highest BCUT2D eigenvalue weighted by Gasteiger charge is 2.13. The average Bonchev–Trinajstić information content (AvgIpc) is 3.03. The summed E-state index contributed by atoms with van der Waals surface area (Å²) in [6.07, 6.45) is 0. The van der Waals surface area contributed by atoms with Crippen LogP contribution >= 0.6 is 11.8 Å². The van der Waals surface area contributed by atoms with E-state index >= 15 is 0 Å². The van der Waals surface area contributed by atoms with Crippen LogP contribution in [0.25, 0.3) is 0 Å². The zero-order valence-electron chi connectivity index (χ0n) is 15.8. The van der Waals surface area contributed by atoms with Crippen LogP contribution in [0.15, 0.2) is 47.6 Å². The minimum absolute atomic E-state index is 0.427. The van der Waals surface area contributed by atoms with Gasteiger partial charge in [-0.15, -0.1) is 10.2 Å². The second-order valence-electron chi connectivity index (χ2n) is 6.41. The van der Waals surface area contributed by atoms with Crippen LogP contribution in [0.5, 0.6) is 5.75 Å². The van der Waals surface area contributed by atoms with E-state index in [0.29, 0.717) is 6.61 Å². The molecule has 0 saturated heterocycles. The summed E-state index contributed by atoms with van der Waals surface area (Å²) in [7, 11) is 0. The van der Waals surface area contributed by atoms with E-state index in [1.807, 2.05) is 12.1 Å². The third-order valence-corrected chi connectivity index (χ3v) is 5.51.